The van der Waals surface area contributed by atoms with E-state index in [0.29, 0.717) is 71.7 Å². The predicted octanol–water partition coefficient (Wildman–Crippen LogP) is 1.91. The molecule has 5 rings (SSSR count). The van der Waals surface area contributed by atoms with Gasteiger partial charge in [-0.2, -0.15) is 10.2 Å². The van der Waals surface area contributed by atoms with E-state index in [0.717, 1.165) is 12.8 Å². The van der Waals surface area contributed by atoms with Gasteiger partial charge in [0.05, 0.1) is 54.0 Å². The van der Waals surface area contributed by atoms with Crippen LogP contribution in [0, 0.1) is 18.3 Å². The van der Waals surface area contributed by atoms with Crippen molar-refractivity contribution >= 4 is 34.3 Å². The molecule has 0 saturated carbocycles. The minimum atomic E-state index is -0.273. The fourth-order valence-corrected chi connectivity index (χ4v) is 4.90. The molecule has 2 N–H and O–H groups in total. The molecule has 2 saturated heterocycles. The normalized spacial score (nSPS) is 18.6. The van der Waals surface area contributed by atoms with Crippen LogP contribution in [0.25, 0.3) is 10.9 Å². The number of halogens is 1. The summed E-state index contributed by atoms with van der Waals surface area (Å²) in [7, 11) is 0. The minimum Gasteiger partial charge on any atom is -0.378 e. The number of nitrogens with two attached hydrogens (primary N) is 1. The topological polar surface area (TPSA) is 126 Å². The van der Waals surface area contributed by atoms with Gasteiger partial charge in [0.2, 0.25) is 5.95 Å². The summed E-state index contributed by atoms with van der Waals surface area (Å²) in [5.74, 6) is 1.17. The number of hydrogen-bond donors (Lipinski definition) is 1. The Balaban J connectivity index is 1.72. The van der Waals surface area contributed by atoms with Crippen LogP contribution < -0.4 is 21.2 Å². The van der Waals surface area contributed by atoms with E-state index in [9.17, 15) is 10.1 Å². The van der Waals surface area contributed by atoms with Crippen molar-refractivity contribution in [2.75, 3.05) is 48.5 Å². The zero-order valence-corrected chi connectivity index (χ0v) is 18.9. The number of hydrogen-bond acceptors (Lipinski definition) is 9. The van der Waals surface area contributed by atoms with Gasteiger partial charge in [0, 0.05) is 6.54 Å². The number of rotatable bonds is 3. The summed E-state index contributed by atoms with van der Waals surface area (Å²) < 4.78 is 7.15. The van der Waals surface area contributed by atoms with Crippen LogP contribution in [0.4, 0.5) is 11.8 Å². The molecule has 0 unspecified atom stereocenters. The van der Waals surface area contributed by atoms with Gasteiger partial charge in [-0.25, -0.2) is 14.6 Å². The summed E-state index contributed by atoms with van der Waals surface area (Å²) >= 11 is 6.41. The SMILES string of the molecule is Cc1nc(N)nc(N2CCC[C@H]2c2nc3cccc(Cl)c3c(=O)n2N2CCOCC2)c1C#N. The number of anilines is 2. The zero-order chi connectivity index (χ0) is 23.1. The number of benzene rings is 1. The van der Waals surface area contributed by atoms with E-state index < -0.39 is 0 Å². The predicted molar refractivity (Wildman–Crippen MR) is 125 cm³/mol. The van der Waals surface area contributed by atoms with Gasteiger partial charge in [0.25, 0.3) is 5.56 Å². The monoisotopic (exact) mass is 466 g/mol. The van der Waals surface area contributed by atoms with Gasteiger partial charge in [0.15, 0.2) is 11.6 Å². The number of fused-ring (bicyclic) bond motifs is 1. The van der Waals surface area contributed by atoms with Gasteiger partial charge < -0.3 is 20.4 Å². The summed E-state index contributed by atoms with van der Waals surface area (Å²) in [6.07, 6.45) is 1.60. The van der Waals surface area contributed by atoms with Crippen LogP contribution in [0.15, 0.2) is 23.0 Å². The van der Waals surface area contributed by atoms with Crippen molar-refractivity contribution in [1.29, 1.82) is 5.26 Å². The maximum atomic E-state index is 13.7. The van der Waals surface area contributed by atoms with Gasteiger partial charge >= 0.3 is 0 Å². The summed E-state index contributed by atoms with van der Waals surface area (Å²) in [6, 6.07) is 7.22. The maximum Gasteiger partial charge on any atom is 0.281 e. The van der Waals surface area contributed by atoms with Gasteiger partial charge in [-0.3, -0.25) is 4.79 Å². The van der Waals surface area contributed by atoms with E-state index in [1.54, 1.807) is 29.8 Å². The Morgan fingerprint density at radius 2 is 2.00 bits per heavy atom. The van der Waals surface area contributed by atoms with Gasteiger partial charge in [-0.15, -0.1) is 0 Å². The van der Waals surface area contributed by atoms with Crippen LogP contribution in [-0.2, 0) is 4.74 Å². The first kappa shape index (κ1) is 21.4. The number of nitrogens with zero attached hydrogens (tertiary/aromatic N) is 7. The number of nitrogen functional groups attached to an aromatic ring is 1. The molecule has 0 bridgehead atoms. The molecule has 2 fully saturated rings. The highest BCUT2D eigenvalue weighted by molar-refractivity contribution is 6.35. The Bertz CT molecular complexity index is 1330. The third kappa shape index (κ3) is 3.63. The summed E-state index contributed by atoms with van der Waals surface area (Å²) in [6.45, 7) is 4.54. The number of aromatic nitrogens is 4. The third-order valence-electron chi connectivity index (χ3n) is 6.14. The number of morpholine rings is 1. The first-order valence-electron chi connectivity index (χ1n) is 10.8. The third-order valence-corrected chi connectivity index (χ3v) is 6.46. The molecule has 0 aliphatic carbocycles. The van der Waals surface area contributed by atoms with E-state index in [4.69, 9.17) is 27.1 Å². The van der Waals surface area contributed by atoms with Gasteiger partial charge in [-0.1, -0.05) is 17.7 Å². The smallest absolute Gasteiger partial charge is 0.281 e. The second kappa shape index (κ2) is 8.50. The van der Waals surface area contributed by atoms with Gasteiger partial charge in [-0.05, 0) is 31.9 Å². The molecule has 2 aromatic heterocycles. The minimum absolute atomic E-state index is 0.107. The van der Waals surface area contributed by atoms with Crippen molar-refractivity contribution in [2.45, 2.75) is 25.8 Å². The molecule has 3 aromatic rings. The van der Waals surface area contributed by atoms with Crippen LogP contribution >= 0.6 is 11.6 Å². The second-order valence-electron chi connectivity index (χ2n) is 8.12. The van der Waals surface area contributed by atoms with Crippen molar-refractivity contribution < 1.29 is 4.74 Å². The lowest BCUT2D eigenvalue weighted by Crippen LogP contribution is -2.51. The molecule has 2 aliphatic rings. The molecule has 2 aliphatic heterocycles. The Labute approximate surface area is 195 Å². The molecule has 1 aromatic carbocycles. The van der Waals surface area contributed by atoms with E-state index in [1.807, 2.05) is 9.91 Å². The van der Waals surface area contributed by atoms with Crippen molar-refractivity contribution in [3.8, 4) is 6.07 Å². The molecule has 33 heavy (non-hydrogen) atoms. The molecule has 170 valence electrons. The quantitative estimate of drug-likeness (QED) is 0.615. The first-order chi connectivity index (χ1) is 16.0. The van der Waals surface area contributed by atoms with Crippen LogP contribution in [0.5, 0.6) is 0 Å². The van der Waals surface area contributed by atoms with E-state index >= 15 is 0 Å². The Kier molecular flexibility index (Phi) is 5.52. The highest BCUT2D eigenvalue weighted by Gasteiger charge is 2.35. The molecule has 4 heterocycles. The largest absolute Gasteiger partial charge is 0.378 e. The number of aryl methyl sites for hydroxylation is 1. The number of ether oxygens (including phenoxy) is 1. The van der Waals surface area contributed by atoms with Crippen LogP contribution in [-0.4, -0.2) is 52.5 Å². The molecule has 0 radical (unpaired) electrons. The number of nitriles is 1. The van der Waals surface area contributed by atoms with E-state index in [2.05, 4.69) is 16.0 Å². The van der Waals surface area contributed by atoms with Crippen molar-refractivity contribution in [1.82, 2.24) is 19.6 Å². The lowest BCUT2D eigenvalue weighted by Gasteiger charge is -2.35. The molecule has 0 spiro atoms. The Hall–Kier alpha value is -3.42. The Morgan fingerprint density at radius 3 is 2.76 bits per heavy atom. The fraction of sp³-hybridized carbons (Fsp3) is 0.409. The van der Waals surface area contributed by atoms with Crippen molar-refractivity contribution in [3.05, 3.63) is 50.7 Å². The highest BCUT2D eigenvalue weighted by atomic mass is 35.5. The molecule has 10 nitrogen and oxygen atoms in total. The summed E-state index contributed by atoms with van der Waals surface area (Å²) in [4.78, 5) is 29.2. The highest BCUT2D eigenvalue weighted by Crippen LogP contribution is 2.37. The van der Waals surface area contributed by atoms with E-state index in [-0.39, 0.29) is 17.5 Å². The zero-order valence-electron chi connectivity index (χ0n) is 18.2. The maximum absolute atomic E-state index is 13.7. The molecule has 1 atom stereocenters. The first-order valence-corrected chi connectivity index (χ1v) is 11.2. The van der Waals surface area contributed by atoms with Crippen LogP contribution in [0.1, 0.15) is 36.0 Å². The summed E-state index contributed by atoms with van der Waals surface area (Å²) in [5, 5.41) is 12.5. The second-order valence-corrected chi connectivity index (χ2v) is 8.52. The summed E-state index contributed by atoms with van der Waals surface area (Å²) in [5.41, 5.74) is 7.15. The van der Waals surface area contributed by atoms with Crippen LogP contribution in [0.2, 0.25) is 5.02 Å². The fourth-order valence-electron chi connectivity index (χ4n) is 4.65. The molecular weight excluding hydrogens is 444 g/mol. The standard InChI is InChI=1S/C22H23ClN8O2/c1-13-14(12-24)19(28-22(25)26-13)30-7-3-6-17(30)20-27-16-5-2-4-15(23)18(16)21(32)31(20)29-8-10-33-11-9-29/h2,4-5,17H,3,6-11H2,1H3,(H2,25,26,28)/t17-/m0/s1. The Morgan fingerprint density at radius 1 is 1.21 bits per heavy atom. The molecule has 0 amide bonds. The van der Waals surface area contributed by atoms with Crippen molar-refractivity contribution in [2.24, 2.45) is 0 Å². The molecular formula is C22H23ClN8O2. The van der Waals surface area contributed by atoms with Gasteiger partial charge in [0.1, 0.15) is 11.6 Å². The van der Waals surface area contributed by atoms with Crippen molar-refractivity contribution in [3.63, 3.8) is 0 Å². The lowest BCUT2D eigenvalue weighted by atomic mass is 10.1. The molecule has 11 heteroatoms. The van der Waals surface area contributed by atoms with E-state index in [1.165, 1.54) is 0 Å². The average Bonchev–Trinajstić information content (AvgIpc) is 3.28. The average molecular weight is 467 g/mol. The lowest BCUT2D eigenvalue weighted by molar-refractivity contribution is 0.110. The van der Waals surface area contributed by atoms with Crippen LogP contribution in [0.3, 0.4) is 0 Å².